The lowest BCUT2D eigenvalue weighted by atomic mass is 10.1. The molecule has 78 valence electrons. The number of nitriles is 1. The molecule has 0 unspecified atom stereocenters. The molecule has 0 aliphatic carbocycles. The van der Waals surface area contributed by atoms with Crippen LogP contribution in [-0.4, -0.2) is 12.6 Å². The maximum absolute atomic E-state index is 11.4. The fourth-order valence-electron chi connectivity index (χ4n) is 1.08. The van der Waals surface area contributed by atoms with Gasteiger partial charge in [-0.2, -0.15) is 5.26 Å². The van der Waals surface area contributed by atoms with Crippen molar-refractivity contribution >= 4 is 5.97 Å². The SMILES string of the molecule is CCOC(=O)C(=CC#N)Cc1ccco1. The zero-order valence-corrected chi connectivity index (χ0v) is 8.40. The molecule has 0 amide bonds. The molecule has 0 aliphatic rings. The molecule has 4 nitrogen and oxygen atoms in total. The molecule has 1 rings (SSSR count). The predicted molar refractivity (Wildman–Crippen MR) is 52.7 cm³/mol. The van der Waals surface area contributed by atoms with E-state index < -0.39 is 5.97 Å². The lowest BCUT2D eigenvalue weighted by molar-refractivity contribution is -0.138. The first-order chi connectivity index (χ1) is 7.27. The Morgan fingerprint density at radius 3 is 3.07 bits per heavy atom. The van der Waals surface area contributed by atoms with Crippen LogP contribution >= 0.6 is 0 Å². The van der Waals surface area contributed by atoms with Gasteiger partial charge in [-0.25, -0.2) is 4.79 Å². The Kier molecular flexibility index (Phi) is 4.17. The minimum atomic E-state index is -0.476. The fourth-order valence-corrected chi connectivity index (χ4v) is 1.08. The van der Waals surface area contributed by atoms with Crippen molar-refractivity contribution in [3.05, 3.63) is 35.8 Å². The van der Waals surface area contributed by atoms with Crippen LogP contribution in [0.25, 0.3) is 0 Å². The molecular formula is C11H11NO3. The second-order valence-corrected chi connectivity index (χ2v) is 2.78. The Morgan fingerprint density at radius 2 is 2.53 bits per heavy atom. The van der Waals surface area contributed by atoms with E-state index in [4.69, 9.17) is 14.4 Å². The summed E-state index contributed by atoms with van der Waals surface area (Å²) in [6, 6.07) is 5.28. The molecule has 4 heteroatoms. The van der Waals surface area contributed by atoms with Gasteiger partial charge in [0.25, 0.3) is 0 Å². The zero-order chi connectivity index (χ0) is 11.1. The van der Waals surface area contributed by atoms with E-state index in [-0.39, 0.29) is 6.42 Å². The number of nitrogens with zero attached hydrogens (tertiary/aromatic N) is 1. The summed E-state index contributed by atoms with van der Waals surface area (Å²) < 4.78 is 9.89. The largest absolute Gasteiger partial charge is 0.469 e. The van der Waals surface area contributed by atoms with Crippen LogP contribution in [0.15, 0.2) is 34.5 Å². The summed E-state index contributed by atoms with van der Waals surface area (Å²) in [5.41, 5.74) is 0.300. The molecule has 1 aromatic rings. The predicted octanol–water partition coefficient (Wildman–Crippen LogP) is 1.84. The van der Waals surface area contributed by atoms with Crippen molar-refractivity contribution in [1.29, 1.82) is 5.26 Å². The molecular weight excluding hydrogens is 194 g/mol. The van der Waals surface area contributed by atoms with E-state index in [1.807, 2.05) is 6.07 Å². The third-order valence-corrected chi connectivity index (χ3v) is 1.72. The molecule has 0 fully saturated rings. The second-order valence-electron chi connectivity index (χ2n) is 2.78. The van der Waals surface area contributed by atoms with Crippen molar-refractivity contribution < 1.29 is 13.9 Å². The number of rotatable bonds is 4. The number of furan rings is 1. The smallest absolute Gasteiger partial charge is 0.335 e. The summed E-state index contributed by atoms with van der Waals surface area (Å²) >= 11 is 0. The zero-order valence-electron chi connectivity index (χ0n) is 8.40. The van der Waals surface area contributed by atoms with Crippen molar-refractivity contribution in [3.8, 4) is 6.07 Å². The standard InChI is InChI=1S/C11H11NO3/c1-2-14-11(13)9(5-6-12)8-10-4-3-7-15-10/h3-5,7H,2,8H2,1H3. The summed E-state index contributed by atoms with van der Waals surface area (Å²) in [6.45, 7) is 2.01. The molecule has 0 aliphatic heterocycles. The monoisotopic (exact) mass is 205 g/mol. The molecule has 15 heavy (non-hydrogen) atoms. The molecule has 0 N–H and O–H groups in total. The highest BCUT2D eigenvalue weighted by Crippen LogP contribution is 2.10. The molecule has 0 spiro atoms. The molecule has 0 saturated heterocycles. The Bertz CT molecular complexity index is 384. The van der Waals surface area contributed by atoms with E-state index in [1.165, 1.54) is 12.3 Å². The van der Waals surface area contributed by atoms with Crippen LogP contribution in [0.1, 0.15) is 12.7 Å². The number of ether oxygens (including phenoxy) is 1. The van der Waals surface area contributed by atoms with Crippen LogP contribution in [0.2, 0.25) is 0 Å². The van der Waals surface area contributed by atoms with E-state index in [9.17, 15) is 4.79 Å². The third kappa shape index (κ3) is 3.31. The van der Waals surface area contributed by atoms with E-state index in [1.54, 1.807) is 19.1 Å². The van der Waals surface area contributed by atoms with Crippen LogP contribution < -0.4 is 0 Å². The number of allylic oxidation sites excluding steroid dienone is 1. The van der Waals surface area contributed by atoms with Crippen molar-refractivity contribution in [2.24, 2.45) is 0 Å². The first-order valence-corrected chi connectivity index (χ1v) is 4.56. The number of hydrogen-bond donors (Lipinski definition) is 0. The Hall–Kier alpha value is -2.02. The summed E-state index contributed by atoms with van der Waals surface area (Å²) in [4.78, 5) is 11.4. The summed E-state index contributed by atoms with van der Waals surface area (Å²) in [5, 5.41) is 8.52. The van der Waals surface area contributed by atoms with E-state index >= 15 is 0 Å². The van der Waals surface area contributed by atoms with Gasteiger partial charge in [-0.05, 0) is 19.1 Å². The van der Waals surface area contributed by atoms with Crippen molar-refractivity contribution in [3.63, 3.8) is 0 Å². The molecule has 1 heterocycles. The minimum Gasteiger partial charge on any atom is -0.469 e. The highest BCUT2D eigenvalue weighted by molar-refractivity contribution is 5.89. The molecule has 0 bridgehead atoms. The maximum Gasteiger partial charge on any atom is 0.335 e. The number of carbonyl (C=O) groups excluding carboxylic acids is 1. The highest BCUT2D eigenvalue weighted by Gasteiger charge is 2.12. The highest BCUT2D eigenvalue weighted by atomic mass is 16.5. The topological polar surface area (TPSA) is 63.2 Å². The van der Waals surface area contributed by atoms with Gasteiger partial charge in [-0.1, -0.05) is 0 Å². The minimum absolute atomic E-state index is 0.277. The average molecular weight is 205 g/mol. The van der Waals surface area contributed by atoms with Crippen LogP contribution in [0.3, 0.4) is 0 Å². The van der Waals surface area contributed by atoms with Gasteiger partial charge in [-0.15, -0.1) is 0 Å². The van der Waals surface area contributed by atoms with Crippen molar-refractivity contribution in [1.82, 2.24) is 0 Å². The van der Waals surface area contributed by atoms with Gasteiger partial charge < -0.3 is 9.15 Å². The second kappa shape index (κ2) is 5.66. The van der Waals surface area contributed by atoms with Crippen LogP contribution in [0.4, 0.5) is 0 Å². The average Bonchev–Trinajstić information content (AvgIpc) is 2.70. The molecule has 0 atom stereocenters. The lowest BCUT2D eigenvalue weighted by Crippen LogP contribution is -2.09. The van der Waals surface area contributed by atoms with E-state index in [0.717, 1.165) is 0 Å². The first-order valence-electron chi connectivity index (χ1n) is 4.56. The third-order valence-electron chi connectivity index (χ3n) is 1.72. The number of esters is 1. The summed E-state index contributed by atoms with van der Waals surface area (Å²) in [7, 11) is 0. The number of carbonyl (C=O) groups is 1. The Morgan fingerprint density at radius 1 is 1.73 bits per heavy atom. The van der Waals surface area contributed by atoms with Crippen LogP contribution in [0.5, 0.6) is 0 Å². The molecule has 1 aromatic heterocycles. The summed E-state index contributed by atoms with van der Waals surface area (Å²) in [6.07, 6.45) is 2.98. The van der Waals surface area contributed by atoms with E-state index in [2.05, 4.69) is 0 Å². The van der Waals surface area contributed by atoms with Gasteiger partial charge in [0.2, 0.25) is 0 Å². The van der Waals surface area contributed by atoms with Crippen LogP contribution in [-0.2, 0) is 16.0 Å². The number of hydrogen-bond acceptors (Lipinski definition) is 4. The van der Waals surface area contributed by atoms with Gasteiger partial charge in [0.1, 0.15) is 5.76 Å². The van der Waals surface area contributed by atoms with Gasteiger partial charge in [0.05, 0.1) is 24.5 Å². The van der Waals surface area contributed by atoms with Gasteiger partial charge in [-0.3, -0.25) is 0 Å². The van der Waals surface area contributed by atoms with Crippen LogP contribution in [0, 0.1) is 11.3 Å². The quantitative estimate of drug-likeness (QED) is 0.427. The summed E-state index contributed by atoms with van der Waals surface area (Å²) in [5.74, 6) is 0.153. The molecule has 0 saturated carbocycles. The fraction of sp³-hybridized carbons (Fsp3) is 0.273. The normalized spacial score (nSPS) is 10.8. The first kappa shape index (κ1) is 11.1. The van der Waals surface area contributed by atoms with Gasteiger partial charge in [0.15, 0.2) is 0 Å². The van der Waals surface area contributed by atoms with Gasteiger partial charge >= 0.3 is 5.97 Å². The van der Waals surface area contributed by atoms with E-state index in [0.29, 0.717) is 17.9 Å². The Labute approximate surface area is 87.8 Å². The maximum atomic E-state index is 11.4. The van der Waals surface area contributed by atoms with Crippen molar-refractivity contribution in [2.45, 2.75) is 13.3 Å². The van der Waals surface area contributed by atoms with Gasteiger partial charge in [0, 0.05) is 12.5 Å². The molecule has 0 aromatic carbocycles. The lowest BCUT2D eigenvalue weighted by Gasteiger charge is -2.03. The Balaban J connectivity index is 2.72. The van der Waals surface area contributed by atoms with Crippen molar-refractivity contribution in [2.75, 3.05) is 6.61 Å². The molecule has 0 radical (unpaired) electrons.